The molecule has 1 aromatic carbocycles. The predicted octanol–water partition coefficient (Wildman–Crippen LogP) is 3.97. The molecule has 6 heteroatoms. The Bertz CT molecular complexity index is 1020. The highest BCUT2D eigenvalue weighted by molar-refractivity contribution is 6.29. The maximum atomic E-state index is 12.7. The maximum absolute atomic E-state index is 12.7. The number of halogens is 1. The van der Waals surface area contributed by atoms with Crippen molar-refractivity contribution in [2.45, 2.75) is 24.9 Å². The Morgan fingerprint density at radius 3 is 2.81 bits per heavy atom. The predicted molar refractivity (Wildman–Crippen MR) is 101 cm³/mol. The molecule has 0 unspecified atom stereocenters. The molecule has 2 N–H and O–H groups in total. The van der Waals surface area contributed by atoms with Crippen LogP contribution in [0.4, 0.5) is 0 Å². The molecule has 2 aliphatic heterocycles. The van der Waals surface area contributed by atoms with Crippen LogP contribution in [0.3, 0.4) is 0 Å². The number of ketones is 1. The summed E-state index contributed by atoms with van der Waals surface area (Å²) in [5.74, 6) is 0.865. The van der Waals surface area contributed by atoms with Crippen molar-refractivity contribution < 1.29 is 9.53 Å². The van der Waals surface area contributed by atoms with E-state index in [0.717, 1.165) is 48.1 Å². The summed E-state index contributed by atoms with van der Waals surface area (Å²) >= 11 is 5.97. The van der Waals surface area contributed by atoms with E-state index in [1.54, 1.807) is 6.07 Å². The number of piperidine rings is 1. The van der Waals surface area contributed by atoms with Gasteiger partial charge in [0.1, 0.15) is 22.2 Å². The van der Waals surface area contributed by atoms with Crippen LogP contribution in [0, 0.1) is 0 Å². The number of benzene rings is 1. The first-order valence-corrected chi connectivity index (χ1v) is 9.22. The van der Waals surface area contributed by atoms with E-state index in [0.29, 0.717) is 22.9 Å². The molecule has 132 valence electrons. The smallest absolute Gasteiger partial charge is 0.170 e. The summed E-state index contributed by atoms with van der Waals surface area (Å²) < 4.78 is 6.39. The van der Waals surface area contributed by atoms with Gasteiger partial charge in [-0.15, -0.1) is 0 Å². The number of carbonyl (C=O) groups excluding carboxylic acids is 1. The number of nitrogens with one attached hydrogen (secondary N) is 2. The molecule has 2 aromatic heterocycles. The highest BCUT2D eigenvalue weighted by Crippen LogP contribution is 2.41. The lowest BCUT2D eigenvalue weighted by Gasteiger charge is -2.41. The number of fused-ring (bicyclic) bond motifs is 2. The van der Waals surface area contributed by atoms with E-state index < -0.39 is 0 Å². The van der Waals surface area contributed by atoms with Crippen LogP contribution in [0.15, 0.2) is 36.5 Å². The standard InChI is InChI=1S/C20H18ClN3O2/c21-18-4-3-13-15(11-23-19(13)24-18)12-1-2-14-16(25)10-20(26-17(14)9-12)5-7-22-8-6-20/h1-4,9,11,22H,5-8,10H2,(H,23,24). The molecule has 1 fully saturated rings. The van der Waals surface area contributed by atoms with Gasteiger partial charge in [0.05, 0.1) is 12.0 Å². The Hall–Kier alpha value is -2.37. The number of hydrogen-bond acceptors (Lipinski definition) is 4. The van der Waals surface area contributed by atoms with Gasteiger partial charge in [-0.05, 0) is 42.9 Å². The molecular weight excluding hydrogens is 350 g/mol. The SMILES string of the molecule is O=C1CC2(CCNCC2)Oc2cc(-c3c[nH]c4nc(Cl)ccc34)ccc21. The van der Waals surface area contributed by atoms with Gasteiger partial charge in [0.2, 0.25) is 0 Å². The number of rotatable bonds is 1. The number of hydrogen-bond donors (Lipinski definition) is 2. The van der Waals surface area contributed by atoms with Crippen LogP contribution in [0.1, 0.15) is 29.6 Å². The Morgan fingerprint density at radius 2 is 1.96 bits per heavy atom. The summed E-state index contributed by atoms with van der Waals surface area (Å²) in [6.07, 6.45) is 4.10. The summed E-state index contributed by atoms with van der Waals surface area (Å²) in [6, 6.07) is 9.56. The monoisotopic (exact) mass is 367 g/mol. The molecule has 0 aliphatic carbocycles. The van der Waals surface area contributed by atoms with Gasteiger partial charge in [-0.1, -0.05) is 17.7 Å². The van der Waals surface area contributed by atoms with E-state index in [1.807, 2.05) is 30.5 Å². The Labute approximate surface area is 155 Å². The van der Waals surface area contributed by atoms with Crippen LogP contribution in [0.25, 0.3) is 22.2 Å². The maximum Gasteiger partial charge on any atom is 0.170 e. The Kier molecular flexibility index (Phi) is 3.55. The average Bonchev–Trinajstić information content (AvgIpc) is 3.04. The molecule has 3 aromatic rings. The number of pyridine rings is 1. The summed E-state index contributed by atoms with van der Waals surface area (Å²) in [5, 5.41) is 4.79. The first-order chi connectivity index (χ1) is 12.6. The van der Waals surface area contributed by atoms with Gasteiger partial charge in [0.25, 0.3) is 0 Å². The van der Waals surface area contributed by atoms with Crippen LogP contribution in [-0.4, -0.2) is 34.4 Å². The number of H-pyrrole nitrogens is 1. The molecule has 0 bridgehead atoms. The molecular formula is C20H18ClN3O2. The van der Waals surface area contributed by atoms with Crippen LogP contribution in [0.5, 0.6) is 5.75 Å². The Balaban J connectivity index is 1.58. The quantitative estimate of drug-likeness (QED) is 0.639. The molecule has 5 nitrogen and oxygen atoms in total. The molecule has 1 saturated heterocycles. The minimum atomic E-state index is -0.358. The summed E-state index contributed by atoms with van der Waals surface area (Å²) in [6.45, 7) is 1.77. The fourth-order valence-electron chi connectivity index (χ4n) is 4.04. The van der Waals surface area contributed by atoms with Crippen LogP contribution < -0.4 is 10.1 Å². The van der Waals surface area contributed by atoms with Crippen molar-refractivity contribution in [3.63, 3.8) is 0 Å². The van der Waals surface area contributed by atoms with E-state index in [1.165, 1.54) is 0 Å². The third-order valence-corrected chi connectivity index (χ3v) is 5.63. The third kappa shape index (κ3) is 2.50. The van der Waals surface area contributed by atoms with Gasteiger partial charge in [-0.25, -0.2) is 4.98 Å². The van der Waals surface area contributed by atoms with Gasteiger partial charge in [-0.3, -0.25) is 4.79 Å². The first-order valence-electron chi connectivity index (χ1n) is 8.85. The lowest BCUT2D eigenvalue weighted by Crippen LogP contribution is -2.49. The van der Waals surface area contributed by atoms with Crippen LogP contribution in [0.2, 0.25) is 5.15 Å². The zero-order valence-corrected chi connectivity index (χ0v) is 14.9. The van der Waals surface area contributed by atoms with Crippen molar-refractivity contribution in [1.82, 2.24) is 15.3 Å². The molecule has 4 heterocycles. The van der Waals surface area contributed by atoms with E-state index in [2.05, 4.69) is 15.3 Å². The van der Waals surface area contributed by atoms with E-state index in [4.69, 9.17) is 16.3 Å². The zero-order valence-electron chi connectivity index (χ0n) is 14.1. The normalized spacial score (nSPS) is 18.7. The van der Waals surface area contributed by atoms with Gasteiger partial charge in [0.15, 0.2) is 5.78 Å². The topological polar surface area (TPSA) is 67.0 Å². The molecule has 0 radical (unpaired) electrons. The number of aromatic amines is 1. The van der Waals surface area contributed by atoms with E-state index in [-0.39, 0.29) is 11.4 Å². The summed E-state index contributed by atoms with van der Waals surface area (Å²) in [4.78, 5) is 20.1. The number of carbonyl (C=O) groups is 1. The van der Waals surface area contributed by atoms with E-state index in [9.17, 15) is 4.79 Å². The average molecular weight is 368 g/mol. The number of ether oxygens (including phenoxy) is 1. The van der Waals surface area contributed by atoms with Crippen molar-refractivity contribution >= 4 is 28.4 Å². The van der Waals surface area contributed by atoms with Crippen molar-refractivity contribution in [3.8, 4) is 16.9 Å². The second kappa shape index (κ2) is 5.83. The molecule has 0 atom stereocenters. The number of nitrogens with zero attached hydrogens (tertiary/aromatic N) is 1. The minimum absolute atomic E-state index is 0.173. The number of aromatic nitrogens is 2. The molecule has 2 aliphatic rings. The zero-order chi connectivity index (χ0) is 17.7. The highest BCUT2D eigenvalue weighted by Gasteiger charge is 2.41. The second-order valence-corrected chi connectivity index (χ2v) is 7.47. The Morgan fingerprint density at radius 1 is 1.12 bits per heavy atom. The molecule has 5 rings (SSSR count). The van der Waals surface area contributed by atoms with Gasteiger partial charge >= 0.3 is 0 Å². The fraction of sp³-hybridized carbons (Fsp3) is 0.300. The lowest BCUT2D eigenvalue weighted by atomic mass is 9.82. The van der Waals surface area contributed by atoms with E-state index >= 15 is 0 Å². The summed E-state index contributed by atoms with van der Waals surface area (Å²) in [5.41, 5.74) is 3.09. The largest absolute Gasteiger partial charge is 0.486 e. The van der Waals surface area contributed by atoms with Crippen molar-refractivity contribution in [2.75, 3.05) is 13.1 Å². The molecule has 0 saturated carbocycles. The number of Topliss-reactive ketones (excluding diaryl/α,β-unsaturated/α-hetero) is 1. The van der Waals surface area contributed by atoms with Crippen molar-refractivity contribution in [1.29, 1.82) is 0 Å². The van der Waals surface area contributed by atoms with Gasteiger partial charge in [-0.2, -0.15) is 0 Å². The van der Waals surface area contributed by atoms with Gasteiger partial charge < -0.3 is 15.0 Å². The van der Waals surface area contributed by atoms with Crippen molar-refractivity contribution in [3.05, 3.63) is 47.2 Å². The third-order valence-electron chi connectivity index (χ3n) is 5.42. The minimum Gasteiger partial charge on any atom is -0.486 e. The first kappa shape index (κ1) is 15.9. The molecule has 0 amide bonds. The summed E-state index contributed by atoms with van der Waals surface area (Å²) in [7, 11) is 0. The molecule has 1 spiro atoms. The van der Waals surface area contributed by atoms with Crippen LogP contribution in [-0.2, 0) is 0 Å². The highest BCUT2D eigenvalue weighted by atomic mass is 35.5. The lowest BCUT2D eigenvalue weighted by molar-refractivity contribution is 0.0188. The van der Waals surface area contributed by atoms with Crippen LogP contribution >= 0.6 is 11.6 Å². The molecule has 26 heavy (non-hydrogen) atoms. The second-order valence-electron chi connectivity index (χ2n) is 7.08. The van der Waals surface area contributed by atoms with Gasteiger partial charge in [0, 0.05) is 30.0 Å². The van der Waals surface area contributed by atoms with Crippen molar-refractivity contribution in [2.24, 2.45) is 0 Å². The fourth-order valence-corrected chi connectivity index (χ4v) is 4.19.